The second kappa shape index (κ2) is 5.59. The number of benzene rings is 2. The Hall–Kier alpha value is -1.59. The van der Waals surface area contributed by atoms with Crippen LogP contribution >= 0.6 is 27.5 Å². The molecule has 0 unspecified atom stereocenters. The lowest BCUT2D eigenvalue weighted by atomic mass is 10.2. The summed E-state index contributed by atoms with van der Waals surface area (Å²) in [6.07, 6.45) is 0. The second-order valence-electron chi connectivity index (χ2n) is 3.79. The van der Waals surface area contributed by atoms with Crippen molar-refractivity contribution in [3.05, 3.63) is 57.3 Å². The number of nitrogen functional groups attached to an aromatic ring is 1. The third-order valence-corrected chi connectivity index (χ3v) is 3.56. The fourth-order valence-corrected chi connectivity index (χ4v) is 2.18. The van der Waals surface area contributed by atoms with E-state index in [4.69, 9.17) is 17.3 Å². The van der Waals surface area contributed by atoms with E-state index in [1.165, 1.54) is 24.3 Å². The first kappa shape index (κ1) is 13.8. The average Bonchev–Trinajstić information content (AvgIpc) is 2.36. The molecule has 0 bridgehead atoms. The summed E-state index contributed by atoms with van der Waals surface area (Å²) in [5, 5.41) is 2.92. The summed E-state index contributed by atoms with van der Waals surface area (Å²) >= 11 is 8.99. The summed E-state index contributed by atoms with van der Waals surface area (Å²) < 4.78 is 13.5. The Morgan fingerprint density at radius 1 is 1.32 bits per heavy atom. The molecular weight excluding hydrogens is 335 g/mol. The highest BCUT2D eigenvalue weighted by Gasteiger charge is 2.14. The number of nitrogens with one attached hydrogen (secondary N) is 1. The largest absolute Gasteiger partial charge is 0.399 e. The van der Waals surface area contributed by atoms with Gasteiger partial charge in [0.15, 0.2) is 0 Å². The average molecular weight is 344 g/mol. The minimum atomic E-state index is -0.504. The van der Waals surface area contributed by atoms with Gasteiger partial charge in [-0.05, 0) is 46.3 Å². The molecule has 0 radical (unpaired) electrons. The lowest BCUT2D eigenvalue weighted by Gasteiger charge is -2.09. The SMILES string of the molecule is Nc1ccc(NC(=O)c2cccc(F)c2Br)c(Cl)c1. The van der Waals surface area contributed by atoms with Gasteiger partial charge >= 0.3 is 0 Å². The maximum Gasteiger partial charge on any atom is 0.256 e. The summed E-state index contributed by atoms with van der Waals surface area (Å²) in [6.45, 7) is 0. The van der Waals surface area contributed by atoms with Crippen LogP contribution in [0.25, 0.3) is 0 Å². The molecule has 98 valence electrons. The van der Waals surface area contributed by atoms with Crippen LogP contribution in [0.1, 0.15) is 10.4 Å². The van der Waals surface area contributed by atoms with Gasteiger partial charge in [-0.2, -0.15) is 0 Å². The van der Waals surface area contributed by atoms with Crippen LogP contribution in [0.3, 0.4) is 0 Å². The van der Waals surface area contributed by atoms with Crippen molar-refractivity contribution in [2.24, 2.45) is 0 Å². The van der Waals surface area contributed by atoms with Gasteiger partial charge in [-0.15, -0.1) is 0 Å². The smallest absolute Gasteiger partial charge is 0.256 e. The van der Waals surface area contributed by atoms with Crippen LogP contribution in [0.15, 0.2) is 40.9 Å². The van der Waals surface area contributed by atoms with Crippen molar-refractivity contribution >= 4 is 44.8 Å². The molecule has 2 aromatic rings. The van der Waals surface area contributed by atoms with Gasteiger partial charge < -0.3 is 11.1 Å². The fourth-order valence-electron chi connectivity index (χ4n) is 1.50. The zero-order valence-corrected chi connectivity index (χ0v) is 11.9. The van der Waals surface area contributed by atoms with Gasteiger partial charge in [0.25, 0.3) is 5.91 Å². The van der Waals surface area contributed by atoms with Crippen molar-refractivity contribution < 1.29 is 9.18 Å². The van der Waals surface area contributed by atoms with Crippen LogP contribution < -0.4 is 11.1 Å². The molecule has 0 aromatic heterocycles. The van der Waals surface area contributed by atoms with E-state index in [1.807, 2.05) is 0 Å². The third-order valence-electron chi connectivity index (χ3n) is 2.44. The number of halogens is 3. The number of hydrogen-bond acceptors (Lipinski definition) is 2. The minimum absolute atomic E-state index is 0.110. The lowest BCUT2D eigenvalue weighted by Crippen LogP contribution is -2.13. The van der Waals surface area contributed by atoms with E-state index in [0.717, 1.165) is 0 Å². The lowest BCUT2D eigenvalue weighted by molar-refractivity contribution is 0.102. The monoisotopic (exact) mass is 342 g/mol. The van der Waals surface area contributed by atoms with Gasteiger partial charge in [-0.3, -0.25) is 4.79 Å². The van der Waals surface area contributed by atoms with Crippen LogP contribution in [0.5, 0.6) is 0 Å². The molecule has 0 atom stereocenters. The molecule has 0 aliphatic heterocycles. The van der Waals surface area contributed by atoms with E-state index in [9.17, 15) is 9.18 Å². The first-order valence-corrected chi connectivity index (χ1v) is 6.46. The van der Waals surface area contributed by atoms with E-state index in [-0.39, 0.29) is 10.0 Å². The van der Waals surface area contributed by atoms with Gasteiger partial charge in [0, 0.05) is 5.69 Å². The Balaban J connectivity index is 2.28. The molecule has 0 saturated carbocycles. The van der Waals surface area contributed by atoms with Crippen molar-refractivity contribution in [2.75, 3.05) is 11.1 Å². The Morgan fingerprint density at radius 3 is 2.74 bits per heavy atom. The molecule has 19 heavy (non-hydrogen) atoms. The highest BCUT2D eigenvalue weighted by atomic mass is 79.9. The van der Waals surface area contributed by atoms with Crippen molar-refractivity contribution in [1.29, 1.82) is 0 Å². The quantitative estimate of drug-likeness (QED) is 0.807. The maximum atomic E-state index is 13.3. The van der Waals surface area contributed by atoms with Crippen molar-refractivity contribution in [3.8, 4) is 0 Å². The first-order valence-electron chi connectivity index (χ1n) is 5.29. The third kappa shape index (κ3) is 3.05. The predicted octanol–water partition coefficient (Wildman–Crippen LogP) is 4.08. The summed E-state index contributed by atoms with van der Waals surface area (Å²) in [4.78, 5) is 12.0. The van der Waals surface area contributed by atoms with Crippen LogP contribution in [0.2, 0.25) is 5.02 Å². The molecular formula is C13H9BrClFN2O. The minimum Gasteiger partial charge on any atom is -0.399 e. The number of amides is 1. The summed E-state index contributed by atoms with van der Waals surface area (Å²) in [6, 6.07) is 8.95. The highest BCUT2D eigenvalue weighted by molar-refractivity contribution is 9.10. The van der Waals surface area contributed by atoms with Crippen molar-refractivity contribution in [2.45, 2.75) is 0 Å². The van der Waals surface area contributed by atoms with Gasteiger partial charge in [0.05, 0.1) is 20.7 Å². The van der Waals surface area contributed by atoms with Gasteiger partial charge in [0.1, 0.15) is 5.82 Å². The predicted molar refractivity (Wildman–Crippen MR) is 77.9 cm³/mol. The Labute approximate surface area is 122 Å². The summed E-state index contributed by atoms with van der Waals surface area (Å²) in [5.74, 6) is -0.964. The van der Waals surface area contributed by atoms with Crippen molar-refractivity contribution in [1.82, 2.24) is 0 Å². The molecule has 1 amide bonds. The van der Waals surface area contributed by atoms with Crippen LogP contribution in [-0.4, -0.2) is 5.91 Å². The number of nitrogens with two attached hydrogens (primary N) is 1. The molecule has 2 aromatic carbocycles. The normalized spacial score (nSPS) is 10.3. The molecule has 0 aliphatic carbocycles. The molecule has 0 fully saturated rings. The number of carbonyl (C=O) groups is 1. The van der Waals surface area contributed by atoms with Crippen LogP contribution in [-0.2, 0) is 0 Å². The molecule has 0 aliphatic rings. The van der Waals surface area contributed by atoms with E-state index in [2.05, 4.69) is 21.2 Å². The van der Waals surface area contributed by atoms with Gasteiger partial charge in [-0.1, -0.05) is 17.7 Å². The molecule has 2 rings (SSSR count). The summed E-state index contributed by atoms with van der Waals surface area (Å²) in [7, 11) is 0. The molecule has 3 nitrogen and oxygen atoms in total. The molecule has 0 saturated heterocycles. The van der Waals surface area contributed by atoms with Gasteiger partial charge in [-0.25, -0.2) is 4.39 Å². The number of hydrogen-bond donors (Lipinski definition) is 2. The van der Waals surface area contributed by atoms with E-state index < -0.39 is 11.7 Å². The Bertz CT molecular complexity index is 649. The molecule has 3 N–H and O–H groups in total. The zero-order chi connectivity index (χ0) is 14.0. The molecule has 0 heterocycles. The van der Waals surface area contributed by atoms with Crippen LogP contribution in [0.4, 0.5) is 15.8 Å². The Morgan fingerprint density at radius 2 is 2.05 bits per heavy atom. The van der Waals surface area contributed by atoms with Crippen molar-refractivity contribution in [3.63, 3.8) is 0 Å². The highest BCUT2D eigenvalue weighted by Crippen LogP contribution is 2.26. The summed E-state index contributed by atoms with van der Waals surface area (Å²) in [5.41, 5.74) is 6.66. The fraction of sp³-hybridized carbons (Fsp3) is 0. The Kier molecular flexibility index (Phi) is 4.07. The maximum absolute atomic E-state index is 13.3. The molecule has 6 heteroatoms. The van der Waals surface area contributed by atoms with E-state index in [1.54, 1.807) is 12.1 Å². The second-order valence-corrected chi connectivity index (χ2v) is 4.99. The number of anilines is 2. The van der Waals surface area contributed by atoms with E-state index >= 15 is 0 Å². The first-order chi connectivity index (χ1) is 8.99. The standard InChI is InChI=1S/C13H9BrClFN2O/c14-12-8(2-1-3-10(12)16)13(19)18-11-5-4-7(17)6-9(11)15/h1-6H,17H2,(H,18,19). The van der Waals surface area contributed by atoms with Gasteiger partial charge in [0.2, 0.25) is 0 Å². The zero-order valence-electron chi connectivity index (χ0n) is 9.58. The molecule has 0 spiro atoms. The van der Waals surface area contributed by atoms with Crippen LogP contribution in [0, 0.1) is 5.82 Å². The topological polar surface area (TPSA) is 55.1 Å². The van der Waals surface area contributed by atoms with E-state index in [0.29, 0.717) is 16.4 Å². The number of rotatable bonds is 2. The number of carbonyl (C=O) groups excluding carboxylic acids is 1.